The molecule has 0 radical (unpaired) electrons. The maximum absolute atomic E-state index is 12.4. The zero-order chi connectivity index (χ0) is 18.4. The van der Waals surface area contributed by atoms with Gasteiger partial charge in [0.25, 0.3) is 11.1 Å². The van der Waals surface area contributed by atoms with E-state index in [-0.39, 0.29) is 11.1 Å². The highest BCUT2D eigenvalue weighted by Gasteiger charge is 2.34. The van der Waals surface area contributed by atoms with Crippen LogP contribution in [-0.2, 0) is 9.53 Å². The van der Waals surface area contributed by atoms with Crippen LogP contribution in [0.5, 0.6) is 11.5 Å². The molecular formula is C17H20BrNO5S. The average molecular weight is 430 g/mol. The molecule has 0 aromatic heterocycles. The Balaban J connectivity index is 2.24. The summed E-state index contributed by atoms with van der Waals surface area (Å²) in [4.78, 5) is 26.1. The number of benzene rings is 1. The molecular weight excluding hydrogens is 410 g/mol. The molecule has 0 unspecified atom stereocenters. The third kappa shape index (κ3) is 4.77. The number of carbonyl (C=O) groups excluding carboxylic acids is 2. The first-order chi connectivity index (χ1) is 12.0. The normalized spacial score (nSPS) is 16.0. The molecule has 0 spiro atoms. The molecule has 1 aromatic rings. The van der Waals surface area contributed by atoms with Gasteiger partial charge in [-0.15, -0.1) is 0 Å². The quantitative estimate of drug-likeness (QED) is 0.460. The number of carbonyl (C=O) groups is 2. The number of hydrogen-bond donors (Lipinski definition) is 0. The summed E-state index contributed by atoms with van der Waals surface area (Å²) in [6.45, 7) is 3.25. The van der Waals surface area contributed by atoms with Crippen molar-refractivity contribution in [3.05, 3.63) is 27.1 Å². The summed E-state index contributed by atoms with van der Waals surface area (Å²) in [5.41, 5.74) is 0.745. The Hall–Kier alpha value is -1.51. The van der Waals surface area contributed by atoms with Crippen LogP contribution >= 0.6 is 27.7 Å². The second-order valence-corrected chi connectivity index (χ2v) is 6.99. The van der Waals surface area contributed by atoms with Crippen LogP contribution in [-0.4, -0.2) is 50.0 Å². The lowest BCUT2D eigenvalue weighted by Gasteiger charge is -2.12. The van der Waals surface area contributed by atoms with Crippen LogP contribution in [0.1, 0.15) is 18.9 Å². The molecule has 1 heterocycles. The minimum Gasteiger partial charge on any atom is -0.493 e. The van der Waals surface area contributed by atoms with Crippen molar-refractivity contribution in [1.82, 2.24) is 4.90 Å². The van der Waals surface area contributed by atoms with E-state index < -0.39 is 0 Å². The van der Waals surface area contributed by atoms with E-state index in [2.05, 4.69) is 15.9 Å². The fraction of sp³-hybridized carbons (Fsp3) is 0.412. The summed E-state index contributed by atoms with van der Waals surface area (Å²) < 4.78 is 16.6. The van der Waals surface area contributed by atoms with Crippen LogP contribution in [0.4, 0.5) is 4.79 Å². The summed E-state index contributed by atoms with van der Waals surface area (Å²) >= 11 is 4.39. The first-order valence-electron chi connectivity index (χ1n) is 7.76. The van der Waals surface area contributed by atoms with Gasteiger partial charge in [-0.3, -0.25) is 14.5 Å². The van der Waals surface area contributed by atoms with Gasteiger partial charge in [0.15, 0.2) is 11.5 Å². The summed E-state index contributed by atoms with van der Waals surface area (Å²) in [7, 11) is 3.14. The van der Waals surface area contributed by atoms with Crippen LogP contribution in [0.15, 0.2) is 21.5 Å². The van der Waals surface area contributed by atoms with Crippen LogP contribution in [0.2, 0.25) is 0 Å². The van der Waals surface area contributed by atoms with Crippen LogP contribution in [0.3, 0.4) is 0 Å². The molecule has 8 heteroatoms. The standard InChI is InChI=1S/C17H20BrNO5S/c1-4-24-15-12(18)8-11(9-13(15)23-3)10-14-16(20)19(17(21)25-14)6-5-7-22-2/h8-10H,4-7H2,1-3H3/b14-10+. The van der Waals surface area contributed by atoms with Crippen molar-refractivity contribution in [3.8, 4) is 11.5 Å². The second-order valence-electron chi connectivity index (χ2n) is 5.15. The molecule has 25 heavy (non-hydrogen) atoms. The van der Waals surface area contributed by atoms with E-state index in [1.165, 1.54) is 4.90 Å². The van der Waals surface area contributed by atoms with Gasteiger partial charge in [0, 0.05) is 20.3 Å². The van der Waals surface area contributed by atoms with E-state index in [0.717, 1.165) is 21.8 Å². The largest absolute Gasteiger partial charge is 0.493 e. The number of methoxy groups -OCH3 is 2. The van der Waals surface area contributed by atoms with E-state index in [0.29, 0.717) is 42.6 Å². The van der Waals surface area contributed by atoms with Crippen LogP contribution in [0.25, 0.3) is 6.08 Å². The fourth-order valence-electron chi connectivity index (χ4n) is 2.32. The van der Waals surface area contributed by atoms with E-state index in [9.17, 15) is 9.59 Å². The highest BCUT2D eigenvalue weighted by Crippen LogP contribution is 2.39. The molecule has 1 aliphatic rings. The highest BCUT2D eigenvalue weighted by molar-refractivity contribution is 9.10. The van der Waals surface area contributed by atoms with Crippen LogP contribution in [0, 0.1) is 0 Å². The minimum atomic E-state index is -0.282. The van der Waals surface area contributed by atoms with Crippen molar-refractivity contribution in [1.29, 1.82) is 0 Å². The zero-order valence-corrected chi connectivity index (χ0v) is 16.7. The fourth-order valence-corrected chi connectivity index (χ4v) is 3.76. The lowest BCUT2D eigenvalue weighted by molar-refractivity contribution is -0.122. The summed E-state index contributed by atoms with van der Waals surface area (Å²) in [5.74, 6) is 0.881. The predicted octanol–water partition coefficient (Wildman–Crippen LogP) is 3.93. The minimum absolute atomic E-state index is 0.260. The third-order valence-corrected chi connectivity index (χ3v) is 4.94. The Morgan fingerprint density at radius 3 is 2.68 bits per heavy atom. The molecule has 2 amide bonds. The van der Waals surface area contributed by atoms with E-state index in [4.69, 9.17) is 14.2 Å². The monoisotopic (exact) mass is 429 g/mol. The van der Waals surface area contributed by atoms with Crippen molar-refractivity contribution in [2.45, 2.75) is 13.3 Å². The number of halogens is 1. The van der Waals surface area contributed by atoms with Crippen molar-refractivity contribution >= 4 is 44.9 Å². The molecule has 1 saturated heterocycles. The predicted molar refractivity (Wildman–Crippen MR) is 101 cm³/mol. The second kappa shape index (κ2) is 9.26. The molecule has 0 aliphatic carbocycles. The van der Waals surface area contributed by atoms with E-state index >= 15 is 0 Å². The number of imide groups is 1. The first-order valence-corrected chi connectivity index (χ1v) is 9.37. The molecule has 1 fully saturated rings. The SMILES string of the molecule is CCOc1c(Br)cc(/C=C2/SC(=O)N(CCCOC)C2=O)cc1OC. The number of ether oxygens (including phenoxy) is 3. The smallest absolute Gasteiger partial charge is 0.293 e. The van der Waals surface area contributed by atoms with Crippen LogP contribution < -0.4 is 9.47 Å². The molecule has 0 atom stereocenters. The molecule has 6 nitrogen and oxygen atoms in total. The van der Waals surface area contributed by atoms with Gasteiger partial charge in [0.05, 0.1) is 23.1 Å². The van der Waals surface area contributed by atoms with Crippen molar-refractivity contribution < 1.29 is 23.8 Å². The number of rotatable bonds is 8. The number of hydrogen-bond acceptors (Lipinski definition) is 6. The zero-order valence-electron chi connectivity index (χ0n) is 14.3. The van der Waals surface area contributed by atoms with E-state index in [1.54, 1.807) is 26.4 Å². The Morgan fingerprint density at radius 1 is 1.28 bits per heavy atom. The number of thioether (sulfide) groups is 1. The van der Waals surface area contributed by atoms with Gasteiger partial charge in [-0.25, -0.2) is 0 Å². The summed E-state index contributed by atoms with van der Waals surface area (Å²) in [6.07, 6.45) is 2.30. The molecule has 0 bridgehead atoms. The van der Waals surface area contributed by atoms with Gasteiger partial charge < -0.3 is 14.2 Å². The molecule has 1 aliphatic heterocycles. The first kappa shape index (κ1) is 19.8. The molecule has 0 N–H and O–H groups in total. The molecule has 136 valence electrons. The Labute approximate surface area is 159 Å². The third-order valence-electron chi connectivity index (χ3n) is 3.44. The van der Waals surface area contributed by atoms with Crippen molar-refractivity contribution in [2.75, 3.05) is 34.0 Å². The lowest BCUT2D eigenvalue weighted by Crippen LogP contribution is -2.29. The summed E-state index contributed by atoms with van der Waals surface area (Å²) in [5, 5.41) is -0.260. The van der Waals surface area contributed by atoms with Crippen molar-refractivity contribution in [2.24, 2.45) is 0 Å². The van der Waals surface area contributed by atoms with Gasteiger partial charge in [0.2, 0.25) is 0 Å². The molecule has 2 rings (SSSR count). The van der Waals surface area contributed by atoms with Gasteiger partial charge in [-0.1, -0.05) is 0 Å². The van der Waals surface area contributed by atoms with Gasteiger partial charge in [-0.05, 0) is 64.8 Å². The van der Waals surface area contributed by atoms with Gasteiger partial charge in [0.1, 0.15) is 0 Å². The highest BCUT2D eigenvalue weighted by atomic mass is 79.9. The lowest BCUT2D eigenvalue weighted by atomic mass is 10.2. The number of nitrogens with zero attached hydrogens (tertiary/aromatic N) is 1. The average Bonchev–Trinajstić information content (AvgIpc) is 2.84. The summed E-state index contributed by atoms with van der Waals surface area (Å²) in [6, 6.07) is 3.60. The Kier molecular flexibility index (Phi) is 7.34. The number of amides is 2. The van der Waals surface area contributed by atoms with Gasteiger partial charge >= 0.3 is 0 Å². The van der Waals surface area contributed by atoms with Gasteiger partial charge in [-0.2, -0.15) is 0 Å². The van der Waals surface area contributed by atoms with E-state index in [1.807, 2.05) is 13.0 Å². The van der Waals surface area contributed by atoms with Crippen molar-refractivity contribution in [3.63, 3.8) is 0 Å². The Morgan fingerprint density at radius 2 is 2.04 bits per heavy atom. The molecule has 0 saturated carbocycles. The molecule has 1 aromatic carbocycles. The maximum Gasteiger partial charge on any atom is 0.293 e. The Bertz CT molecular complexity index is 692. The maximum atomic E-state index is 12.4. The topological polar surface area (TPSA) is 65.1 Å².